The standard InChI is InChI=1S/C13H16N4O2S/c1-2-4-9(11-5-3-8-20-11)15-13-10(17(18)19)6-7-12(14)16-13/h3,5-9H,2,4H2,1H3,(H3,14,15,16). The Hall–Kier alpha value is -2.15. The Balaban J connectivity index is 2.30. The summed E-state index contributed by atoms with van der Waals surface area (Å²) in [5, 5.41) is 16.2. The van der Waals surface area contributed by atoms with Crippen LogP contribution in [0.2, 0.25) is 0 Å². The first-order valence-corrected chi connectivity index (χ1v) is 7.20. The highest BCUT2D eigenvalue weighted by molar-refractivity contribution is 7.10. The van der Waals surface area contributed by atoms with E-state index in [0.29, 0.717) is 0 Å². The van der Waals surface area contributed by atoms with Gasteiger partial charge < -0.3 is 11.1 Å². The van der Waals surface area contributed by atoms with Crippen molar-refractivity contribution in [2.24, 2.45) is 0 Å². The van der Waals surface area contributed by atoms with Crippen LogP contribution in [0.1, 0.15) is 30.7 Å². The summed E-state index contributed by atoms with van der Waals surface area (Å²) in [4.78, 5) is 15.8. The summed E-state index contributed by atoms with van der Waals surface area (Å²) in [5.74, 6) is 0.487. The first-order valence-electron chi connectivity index (χ1n) is 6.32. The van der Waals surface area contributed by atoms with Gasteiger partial charge in [0.1, 0.15) is 5.82 Å². The van der Waals surface area contributed by atoms with Crippen LogP contribution in [0, 0.1) is 10.1 Å². The smallest absolute Gasteiger partial charge is 0.311 e. The fourth-order valence-electron chi connectivity index (χ4n) is 1.95. The van der Waals surface area contributed by atoms with E-state index < -0.39 is 4.92 Å². The topological polar surface area (TPSA) is 94.1 Å². The van der Waals surface area contributed by atoms with Crippen molar-refractivity contribution in [3.8, 4) is 0 Å². The van der Waals surface area contributed by atoms with Crippen LogP contribution in [-0.2, 0) is 0 Å². The van der Waals surface area contributed by atoms with E-state index in [4.69, 9.17) is 5.73 Å². The van der Waals surface area contributed by atoms with Crippen molar-refractivity contribution in [1.29, 1.82) is 0 Å². The van der Waals surface area contributed by atoms with Gasteiger partial charge in [0.2, 0.25) is 5.82 Å². The van der Waals surface area contributed by atoms with Crippen LogP contribution in [0.4, 0.5) is 17.3 Å². The molecule has 3 N–H and O–H groups in total. The highest BCUT2D eigenvalue weighted by Crippen LogP contribution is 2.31. The lowest BCUT2D eigenvalue weighted by Gasteiger charge is -2.17. The quantitative estimate of drug-likeness (QED) is 0.626. The summed E-state index contributed by atoms with van der Waals surface area (Å²) in [6.07, 6.45) is 1.83. The van der Waals surface area contributed by atoms with Gasteiger partial charge in [0, 0.05) is 10.9 Å². The van der Waals surface area contributed by atoms with Gasteiger partial charge in [0.25, 0.3) is 0 Å². The Morgan fingerprint density at radius 3 is 2.90 bits per heavy atom. The summed E-state index contributed by atoms with van der Waals surface area (Å²) < 4.78 is 0. The number of nitrogens with zero attached hydrogens (tertiary/aromatic N) is 2. The average Bonchev–Trinajstić information content (AvgIpc) is 2.91. The van der Waals surface area contributed by atoms with Gasteiger partial charge in [-0.1, -0.05) is 19.4 Å². The van der Waals surface area contributed by atoms with Crippen molar-refractivity contribution in [2.75, 3.05) is 11.1 Å². The van der Waals surface area contributed by atoms with Crippen LogP contribution in [-0.4, -0.2) is 9.91 Å². The molecule has 106 valence electrons. The molecule has 0 radical (unpaired) electrons. The molecule has 0 saturated carbocycles. The van der Waals surface area contributed by atoms with E-state index in [2.05, 4.69) is 17.2 Å². The molecule has 2 aromatic heterocycles. The maximum atomic E-state index is 11.0. The van der Waals surface area contributed by atoms with E-state index in [0.717, 1.165) is 17.7 Å². The fraction of sp³-hybridized carbons (Fsp3) is 0.308. The Morgan fingerprint density at radius 2 is 2.30 bits per heavy atom. The number of aromatic nitrogens is 1. The lowest BCUT2D eigenvalue weighted by Crippen LogP contribution is -2.12. The first-order chi connectivity index (χ1) is 9.61. The predicted octanol–water partition coefficient (Wildman–Crippen LogP) is 3.59. The van der Waals surface area contributed by atoms with Crippen LogP contribution >= 0.6 is 11.3 Å². The van der Waals surface area contributed by atoms with Crippen LogP contribution < -0.4 is 11.1 Å². The van der Waals surface area contributed by atoms with E-state index in [1.54, 1.807) is 11.3 Å². The fourth-order valence-corrected chi connectivity index (χ4v) is 2.76. The lowest BCUT2D eigenvalue weighted by molar-refractivity contribution is -0.384. The molecule has 0 fully saturated rings. The monoisotopic (exact) mass is 292 g/mol. The highest BCUT2D eigenvalue weighted by Gasteiger charge is 2.20. The second kappa shape index (κ2) is 6.33. The van der Waals surface area contributed by atoms with Crippen molar-refractivity contribution in [3.05, 3.63) is 44.6 Å². The maximum Gasteiger partial charge on any atom is 0.311 e. The van der Waals surface area contributed by atoms with Gasteiger partial charge in [-0.2, -0.15) is 0 Å². The van der Waals surface area contributed by atoms with E-state index in [9.17, 15) is 10.1 Å². The van der Waals surface area contributed by atoms with E-state index in [-0.39, 0.29) is 23.4 Å². The van der Waals surface area contributed by atoms with E-state index in [1.165, 1.54) is 12.1 Å². The number of hydrogen-bond donors (Lipinski definition) is 2. The molecule has 2 rings (SSSR count). The number of rotatable bonds is 6. The SMILES string of the molecule is CCCC(Nc1nc(N)ccc1[N+](=O)[O-])c1cccs1. The van der Waals surface area contributed by atoms with Crippen molar-refractivity contribution >= 4 is 28.7 Å². The zero-order valence-electron chi connectivity index (χ0n) is 11.1. The number of nitrogens with two attached hydrogens (primary N) is 1. The van der Waals surface area contributed by atoms with Crippen LogP contribution in [0.3, 0.4) is 0 Å². The number of nitrogens with one attached hydrogen (secondary N) is 1. The largest absolute Gasteiger partial charge is 0.384 e. The predicted molar refractivity (Wildman–Crippen MR) is 80.9 cm³/mol. The molecule has 7 heteroatoms. The van der Waals surface area contributed by atoms with Crippen molar-refractivity contribution in [3.63, 3.8) is 0 Å². The minimum absolute atomic E-state index is 0.00741. The van der Waals surface area contributed by atoms with Crippen molar-refractivity contribution < 1.29 is 4.92 Å². The summed E-state index contributed by atoms with van der Waals surface area (Å²) in [6, 6.07) is 6.79. The van der Waals surface area contributed by atoms with Gasteiger partial charge in [-0.05, 0) is 23.9 Å². The summed E-state index contributed by atoms with van der Waals surface area (Å²) >= 11 is 1.62. The molecule has 0 spiro atoms. The zero-order valence-corrected chi connectivity index (χ0v) is 11.9. The number of thiophene rings is 1. The summed E-state index contributed by atoms with van der Waals surface area (Å²) in [5.41, 5.74) is 5.57. The van der Waals surface area contributed by atoms with Gasteiger partial charge in [-0.3, -0.25) is 10.1 Å². The molecule has 20 heavy (non-hydrogen) atoms. The van der Waals surface area contributed by atoms with Crippen LogP contribution in [0.5, 0.6) is 0 Å². The molecule has 2 aromatic rings. The molecular weight excluding hydrogens is 276 g/mol. The Morgan fingerprint density at radius 1 is 1.50 bits per heavy atom. The molecule has 0 saturated heterocycles. The minimum Gasteiger partial charge on any atom is -0.384 e. The molecule has 0 aliphatic heterocycles. The zero-order chi connectivity index (χ0) is 14.5. The Bertz CT molecular complexity index is 586. The van der Waals surface area contributed by atoms with Gasteiger partial charge in [-0.15, -0.1) is 11.3 Å². The van der Waals surface area contributed by atoms with E-state index in [1.807, 2.05) is 17.5 Å². The molecule has 6 nitrogen and oxygen atoms in total. The number of nitrogen functional groups attached to an aromatic ring is 1. The third kappa shape index (κ3) is 3.24. The van der Waals surface area contributed by atoms with Gasteiger partial charge in [0.05, 0.1) is 11.0 Å². The van der Waals surface area contributed by atoms with E-state index >= 15 is 0 Å². The molecule has 0 aliphatic carbocycles. The number of anilines is 2. The van der Waals surface area contributed by atoms with Crippen LogP contribution in [0.25, 0.3) is 0 Å². The van der Waals surface area contributed by atoms with Crippen molar-refractivity contribution in [2.45, 2.75) is 25.8 Å². The highest BCUT2D eigenvalue weighted by atomic mass is 32.1. The number of pyridine rings is 1. The molecule has 0 bridgehead atoms. The summed E-state index contributed by atoms with van der Waals surface area (Å²) in [7, 11) is 0. The molecule has 1 atom stereocenters. The third-order valence-corrected chi connectivity index (χ3v) is 3.85. The molecule has 0 amide bonds. The van der Waals surface area contributed by atoms with Gasteiger partial charge in [-0.25, -0.2) is 4.98 Å². The molecule has 2 heterocycles. The summed E-state index contributed by atoms with van der Waals surface area (Å²) in [6.45, 7) is 2.07. The van der Waals surface area contributed by atoms with Gasteiger partial charge >= 0.3 is 5.69 Å². The Labute approximate surface area is 120 Å². The second-order valence-electron chi connectivity index (χ2n) is 4.36. The Kier molecular flexibility index (Phi) is 4.52. The number of nitro groups is 1. The molecule has 0 aliphatic rings. The van der Waals surface area contributed by atoms with Crippen molar-refractivity contribution in [1.82, 2.24) is 4.98 Å². The normalized spacial score (nSPS) is 12.1. The van der Waals surface area contributed by atoms with Crippen LogP contribution in [0.15, 0.2) is 29.6 Å². The molecule has 0 aromatic carbocycles. The minimum atomic E-state index is -0.452. The average molecular weight is 292 g/mol. The maximum absolute atomic E-state index is 11.0. The number of hydrogen-bond acceptors (Lipinski definition) is 6. The lowest BCUT2D eigenvalue weighted by atomic mass is 10.1. The molecule has 1 unspecified atom stereocenters. The molecular formula is C13H16N4O2S. The third-order valence-electron chi connectivity index (χ3n) is 2.87. The van der Waals surface area contributed by atoms with Gasteiger partial charge in [0.15, 0.2) is 0 Å². The second-order valence-corrected chi connectivity index (χ2v) is 5.34. The first kappa shape index (κ1) is 14.3.